The molecule has 3 aromatic rings. The molecular formula is C17H17N3. The van der Waals surface area contributed by atoms with Crippen LogP contribution in [0.1, 0.15) is 19.4 Å². The zero-order valence-corrected chi connectivity index (χ0v) is 11.7. The molecule has 0 bridgehead atoms. The van der Waals surface area contributed by atoms with Crippen LogP contribution in [0.3, 0.4) is 0 Å². The van der Waals surface area contributed by atoms with E-state index in [-0.39, 0.29) is 5.54 Å². The standard InChI is InChI=1S/C17H17N3/c1-17(2,18)13-7-5-12(6-8-13)14-9-11-20-16-15(14)4-3-10-19-16/h3-11H,18H2,1-2H3. The molecule has 3 nitrogen and oxygen atoms in total. The lowest BCUT2D eigenvalue weighted by atomic mass is 9.93. The maximum absolute atomic E-state index is 6.12. The van der Waals surface area contributed by atoms with Crippen LogP contribution in [0.15, 0.2) is 54.9 Å². The fourth-order valence-electron chi connectivity index (χ4n) is 2.31. The molecule has 0 fully saturated rings. The monoisotopic (exact) mass is 263 g/mol. The van der Waals surface area contributed by atoms with E-state index >= 15 is 0 Å². The van der Waals surface area contributed by atoms with Crippen molar-refractivity contribution in [1.29, 1.82) is 0 Å². The minimum Gasteiger partial charge on any atom is -0.322 e. The minimum absolute atomic E-state index is 0.319. The molecule has 0 saturated heterocycles. The summed E-state index contributed by atoms with van der Waals surface area (Å²) in [4.78, 5) is 8.59. The second-order valence-corrected chi connectivity index (χ2v) is 5.53. The van der Waals surface area contributed by atoms with Gasteiger partial charge in [-0.3, -0.25) is 0 Å². The molecule has 3 heteroatoms. The predicted molar refractivity (Wildman–Crippen MR) is 82.2 cm³/mol. The molecule has 20 heavy (non-hydrogen) atoms. The van der Waals surface area contributed by atoms with Crippen LogP contribution in [-0.2, 0) is 5.54 Å². The summed E-state index contributed by atoms with van der Waals surface area (Å²) < 4.78 is 0. The molecule has 0 aliphatic carbocycles. The Kier molecular flexibility index (Phi) is 2.99. The van der Waals surface area contributed by atoms with E-state index in [0.717, 1.165) is 27.7 Å². The van der Waals surface area contributed by atoms with Crippen LogP contribution >= 0.6 is 0 Å². The van der Waals surface area contributed by atoms with Gasteiger partial charge in [0.2, 0.25) is 0 Å². The summed E-state index contributed by atoms with van der Waals surface area (Å²) in [6, 6.07) is 14.4. The van der Waals surface area contributed by atoms with Gasteiger partial charge in [-0.25, -0.2) is 9.97 Å². The number of rotatable bonds is 2. The summed E-state index contributed by atoms with van der Waals surface area (Å²) >= 11 is 0. The number of pyridine rings is 2. The molecule has 2 N–H and O–H groups in total. The first-order valence-electron chi connectivity index (χ1n) is 6.65. The molecule has 0 aliphatic heterocycles. The molecule has 1 aromatic carbocycles. The van der Waals surface area contributed by atoms with Crippen molar-refractivity contribution in [2.24, 2.45) is 5.73 Å². The number of nitrogens with zero attached hydrogens (tertiary/aromatic N) is 2. The highest BCUT2D eigenvalue weighted by Crippen LogP contribution is 2.28. The summed E-state index contributed by atoms with van der Waals surface area (Å²) in [7, 11) is 0. The number of fused-ring (bicyclic) bond motifs is 1. The van der Waals surface area contributed by atoms with Crippen LogP contribution in [0.25, 0.3) is 22.2 Å². The van der Waals surface area contributed by atoms with E-state index in [9.17, 15) is 0 Å². The lowest BCUT2D eigenvalue weighted by Gasteiger charge is -2.19. The second-order valence-electron chi connectivity index (χ2n) is 5.53. The van der Waals surface area contributed by atoms with E-state index in [4.69, 9.17) is 5.73 Å². The van der Waals surface area contributed by atoms with Gasteiger partial charge in [-0.2, -0.15) is 0 Å². The Morgan fingerprint density at radius 2 is 1.60 bits per heavy atom. The highest BCUT2D eigenvalue weighted by molar-refractivity contribution is 5.92. The van der Waals surface area contributed by atoms with Crippen LogP contribution in [0.2, 0.25) is 0 Å². The first-order chi connectivity index (χ1) is 9.55. The third kappa shape index (κ3) is 2.28. The van der Waals surface area contributed by atoms with Gasteiger partial charge >= 0.3 is 0 Å². The molecule has 0 spiro atoms. The van der Waals surface area contributed by atoms with Gasteiger partial charge in [0.25, 0.3) is 0 Å². The van der Waals surface area contributed by atoms with E-state index in [1.165, 1.54) is 0 Å². The van der Waals surface area contributed by atoms with Gasteiger partial charge in [0.1, 0.15) is 0 Å². The smallest absolute Gasteiger partial charge is 0.159 e. The Bertz CT molecular complexity index is 735. The number of aromatic nitrogens is 2. The SMILES string of the molecule is CC(C)(N)c1ccc(-c2ccnc3ncccc23)cc1. The van der Waals surface area contributed by atoms with E-state index in [2.05, 4.69) is 34.2 Å². The zero-order chi connectivity index (χ0) is 14.2. The third-order valence-electron chi connectivity index (χ3n) is 3.45. The van der Waals surface area contributed by atoms with Crippen molar-refractivity contribution in [2.75, 3.05) is 0 Å². The number of benzene rings is 1. The van der Waals surface area contributed by atoms with Crippen LogP contribution in [0.4, 0.5) is 0 Å². The van der Waals surface area contributed by atoms with Gasteiger partial charge in [0, 0.05) is 23.3 Å². The lowest BCUT2D eigenvalue weighted by molar-refractivity contribution is 0.554. The normalized spacial score (nSPS) is 11.8. The average molecular weight is 263 g/mol. The summed E-state index contributed by atoms with van der Waals surface area (Å²) in [5, 5.41) is 1.06. The Balaban J connectivity index is 2.12. The van der Waals surface area contributed by atoms with Gasteiger partial charge in [-0.05, 0) is 48.7 Å². The molecule has 0 radical (unpaired) electrons. The minimum atomic E-state index is -0.319. The fraction of sp³-hybridized carbons (Fsp3) is 0.176. The zero-order valence-electron chi connectivity index (χ0n) is 11.7. The summed E-state index contributed by atoms with van der Waals surface area (Å²) in [5.74, 6) is 0. The van der Waals surface area contributed by atoms with Gasteiger partial charge in [-0.15, -0.1) is 0 Å². The molecular weight excluding hydrogens is 246 g/mol. The topological polar surface area (TPSA) is 51.8 Å². The molecule has 3 rings (SSSR count). The van der Waals surface area contributed by atoms with Crippen molar-refractivity contribution < 1.29 is 0 Å². The molecule has 2 heterocycles. The highest BCUT2D eigenvalue weighted by Gasteiger charge is 2.14. The lowest BCUT2D eigenvalue weighted by Crippen LogP contribution is -2.28. The van der Waals surface area contributed by atoms with Crippen molar-refractivity contribution in [1.82, 2.24) is 9.97 Å². The molecule has 0 amide bonds. The Hall–Kier alpha value is -2.26. The van der Waals surface area contributed by atoms with Gasteiger partial charge in [0.15, 0.2) is 5.65 Å². The summed E-state index contributed by atoms with van der Waals surface area (Å²) in [6.07, 6.45) is 3.56. The Morgan fingerprint density at radius 3 is 2.30 bits per heavy atom. The summed E-state index contributed by atoms with van der Waals surface area (Å²) in [6.45, 7) is 4.02. The molecule has 0 atom stereocenters. The van der Waals surface area contributed by atoms with Crippen molar-refractivity contribution in [3.8, 4) is 11.1 Å². The van der Waals surface area contributed by atoms with Gasteiger partial charge in [-0.1, -0.05) is 24.3 Å². The van der Waals surface area contributed by atoms with Crippen molar-refractivity contribution >= 4 is 11.0 Å². The maximum atomic E-state index is 6.12. The largest absolute Gasteiger partial charge is 0.322 e. The third-order valence-corrected chi connectivity index (χ3v) is 3.45. The van der Waals surface area contributed by atoms with Gasteiger partial charge < -0.3 is 5.73 Å². The maximum Gasteiger partial charge on any atom is 0.159 e. The highest BCUT2D eigenvalue weighted by atomic mass is 14.8. The van der Waals surface area contributed by atoms with Crippen molar-refractivity contribution in [3.63, 3.8) is 0 Å². The van der Waals surface area contributed by atoms with Gasteiger partial charge in [0.05, 0.1) is 0 Å². The number of nitrogens with two attached hydrogens (primary N) is 1. The van der Waals surface area contributed by atoms with E-state index in [0.29, 0.717) is 0 Å². The second kappa shape index (κ2) is 4.69. The number of hydrogen-bond donors (Lipinski definition) is 1. The summed E-state index contributed by atoms with van der Waals surface area (Å²) in [5.41, 5.74) is 9.99. The average Bonchev–Trinajstić information content (AvgIpc) is 2.46. The van der Waals surface area contributed by atoms with Crippen molar-refractivity contribution in [2.45, 2.75) is 19.4 Å². The molecule has 0 saturated carbocycles. The fourth-order valence-corrected chi connectivity index (χ4v) is 2.31. The van der Waals surface area contributed by atoms with Crippen LogP contribution < -0.4 is 5.73 Å². The molecule has 0 unspecified atom stereocenters. The van der Waals surface area contributed by atoms with Crippen molar-refractivity contribution in [3.05, 3.63) is 60.4 Å². The van der Waals surface area contributed by atoms with E-state index < -0.39 is 0 Å². The molecule has 100 valence electrons. The number of hydrogen-bond acceptors (Lipinski definition) is 3. The molecule has 2 aromatic heterocycles. The first kappa shape index (κ1) is 12.8. The Labute approximate surface area is 118 Å². The van der Waals surface area contributed by atoms with Crippen LogP contribution in [-0.4, -0.2) is 9.97 Å². The molecule has 0 aliphatic rings. The van der Waals surface area contributed by atoms with Crippen LogP contribution in [0, 0.1) is 0 Å². The van der Waals surface area contributed by atoms with E-state index in [1.807, 2.05) is 32.0 Å². The quantitative estimate of drug-likeness (QED) is 0.770. The Morgan fingerprint density at radius 1 is 0.900 bits per heavy atom. The van der Waals surface area contributed by atoms with Crippen LogP contribution in [0.5, 0.6) is 0 Å². The first-order valence-corrected chi connectivity index (χ1v) is 6.65. The van der Waals surface area contributed by atoms with E-state index in [1.54, 1.807) is 12.4 Å². The predicted octanol–water partition coefficient (Wildman–Crippen LogP) is 3.49.